The second kappa shape index (κ2) is 8.43. The molecule has 0 unspecified atom stereocenters. The highest BCUT2D eigenvalue weighted by atomic mass is 16.6. The summed E-state index contributed by atoms with van der Waals surface area (Å²) in [6.45, 7) is 6.58. The minimum Gasteiger partial charge on any atom is -0.459 e. The number of nitro groups is 1. The third-order valence-electron chi connectivity index (χ3n) is 3.67. The second-order valence-electron chi connectivity index (χ2n) is 5.82. The molecule has 2 rings (SSSR count). The third kappa shape index (κ3) is 4.17. The maximum atomic E-state index is 12.4. The summed E-state index contributed by atoms with van der Waals surface area (Å²) in [7, 11) is 0. The van der Waals surface area contributed by atoms with Gasteiger partial charge in [-0.25, -0.2) is 9.48 Å². The molecule has 0 spiro atoms. The number of nitrogens with zero attached hydrogens (tertiary/aromatic N) is 3. The minimum absolute atomic E-state index is 0.0425. The van der Waals surface area contributed by atoms with Crippen LogP contribution in [-0.2, 0) is 9.47 Å². The fourth-order valence-corrected chi connectivity index (χ4v) is 2.38. The van der Waals surface area contributed by atoms with E-state index in [2.05, 4.69) is 5.10 Å². The lowest BCUT2D eigenvalue weighted by molar-refractivity contribution is -0.384. The summed E-state index contributed by atoms with van der Waals surface area (Å²) in [6, 6.07) is 5.75. The Hall–Kier alpha value is -2.94. The summed E-state index contributed by atoms with van der Waals surface area (Å²) < 4.78 is 11.8. The van der Waals surface area contributed by atoms with Crippen molar-refractivity contribution in [1.82, 2.24) is 9.78 Å². The quantitative estimate of drug-likeness (QED) is 0.331. The number of aromatic nitrogens is 2. The van der Waals surface area contributed by atoms with Gasteiger partial charge in [-0.1, -0.05) is 13.8 Å². The number of rotatable bonds is 8. The molecule has 0 atom stereocenters. The normalized spacial score (nSPS) is 10.9. The van der Waals surface area contributed by atoms with Gasteiger partial charge in [-0.15, -0.1) is 0 Å². The van der Waals surface area contributed by atoms with E-state index in [1.807, 2.05) is 20.8 Å². The summed E-state index contributed by atoms with van der Waals surface area (Å²) in [5.74, 6) is -0.505. The molecule has 26 heavy (non-hydrogen) atoms. The van der Waals surface area contributed by atoms with Crippen LogP contribution in [0.1, 0.15) is 42.7 Å². The first-order valence-electron chi connectivity index (χ1n) is 8.24. The lowest BCUT2D eigenvalue weighted by Crippen LogP contribution is -2.14. The van der Waals surface area contributed by atoms with Crippen LogP contribution < -0.4 is 5.73 Å². The smallest absolute Gasteiger partial charge is 0.343 e. The molecule has 1 aromatic carbocycles. The molecule has 0 radical (unpaired) electrons. The molecule has 0 bridgehead atoms. The first-order chi connectivity index (χ1) is 12.4. The summed E-state index contributed by atoms with van der Waals surface area (Å²) in [4.78, 5) is 22.7. The number of ether oxygens (including phenoxy) is 2. The van der Waals surface area contributed by atoms with Crippen molar-refractivity contribution in [3.05, 3.63) is 45.6 Å². The lowest BCUT2D eigenvalue weighted by atomic mass is 10.1. The minimum atomic E-state index is -0.570. The number of nitrogen functional groups attached to an aromatic ring is 1. The molecule has 1 aromatic heterocycles. The van der Waals surface area contributed by atoms with Crippen LogP contribution in [0.5, 0.6) is 0 Å². The fourth-order valence-electron chi connectivity index (χ4n) is 2.38. The van der Waals surface area contributed by atoms with Crippen molar-refractivity contribution in [3.63, 3.8) is 0 Å². The van der Waals surface area contributed by atoms with E-state index in [1.165, 1.54) is 28.9 Å². The standard InChI is InChI=1S/C17H22N4O5/c1-4-25-9-10-26-17(22)14-15(11(2)3)19-20(16(14)18)12-5-7-13(8-6-12)21(23)24/h5-8,11H,4,9-10,18H2,1-3H3. The van der Waals surface area contributed by atoms with Crippen LogP contribution in [0, 0.1) is 10.1 Å². The summed E-state index contributed by atoms with van der Waals surface area (Å²) >= 11 is 0. The van der Waals surface area contributed by atoms with Crippen molar-refractivity contribution in [2.75, 3.05) is 25.6 Å². The van der Waals surface area contributed by atoms with Gasteiger partial charge >= 0.3 is 5.97 Å². The first kappa shape index (κ1) is 19.4. The van der Waals surface area contributed by atoms with Gasteiger partial charge in [0.2, 0.25) is 0 Å². The molecule has 0 aliphatic heterocycles. The maximum absolute atomic E-state index is 12.4. The van der Waals surface area contributed by atoms with Crippen molar-refractivity contribution in [2.45, 2.75) is 26.7 Å². The van der Waals surface area contributed by atoms with Crippen LogP contribution >= 0.6 is 0 Å². The Morgan fingerprint density at radius 3 is 2.50 bits per heavy atom. The Balaban J connectivity index is 2.34. The number of benzene rings is 1. The molecule has 0 saturated heterocycles. The monoisotopic (exact) mass is 362 g/mol. The molecule has 0 aliphatic rings. The summed E-state index contributed by atoms with van der Waals surface area (Å²) in [5.41, 5.74) is 7.32. The van der Waals surface area contributed by atoms with Gasteiger partial charge in [0.1, 0.15) is 18.0 Å². The Morgan fingerprint density at radius 2 is 1.96 bits per heavy atom. The zero-order valence-corrected chi connectivity index (χ0v) is 15.0. The van der Waals surface area contributed by atoms with Crippen LogP contribution in [-0.4, -0.2) is 40.5 Å². The number of carbonyl (C=O) groups excluding carboxylic acids is 1. The van der Waals surface area contributed by atoms with Crippen LogP contribution in [0.4, 0.5) is 11.5 Å². The predicted molar refractivity (Wildman–Crippen MR) is 95.5 cm³/mol. The van der Waals surface area contributed by atoms with E-state index in [0.717, 1.165) is 0 Å². The zero-order valence-electron chi connectivity index (χ0n) is 15.0. The number of nitro benzene ring substituents is 1. The van der Waals surface area contributed by atoms with Crippen LogP contribution in [0.3, 0.4) is 0 Å². The van der Waals surface area contributed by atoms with Gasteiger partial charge in [0.15, 0.2) is 0 Å². The number of esters is 1. The molecule has 140 valence electrons. The predicted octanol–water partition coefficient (Wildman–Crippen LogP) is 2.68. The van der Waals surface area contributed by atoms with Gasteiger partial charge in [0, 0.05) is 18.7 Å². The van der Waals surface area contributed by atoms with Crippen molar-refractivity contribution < 1.29 is 19.2 Å². The fraction of sp³-hybridized carbons (Fsp3) is 0.412. The molecule has 9 nitrogen and oxygen atoms in total. The summed E-state index contributed by atoms with van der Waals surface area (Å²) in [6.07, 6.45) is 0. The summed E-state index contributed by atoms with van der Waals surface area (Å²) in [5, 5.41) is 15.2. The van der Waals surface area contributed by atoms with Gasteiger partial charge in [0.05, 0.1) is 22.9 Å². The van der Waals surface area contributed by atoms with E-state index < -0.39 is 10.9 Å². The number of non-ortho nitro benzene ring substituents is 1. The number of carbonyl (C=O) groups is 1. The van der Waals surface area contributed by atoms with Crippen molar-refractivity contribution in [3.8, 4) is 5.69 Å². The molecule has 0 saturated carbocycles. The molecular formula is C17H22N4O5. The van der Waals surface area contributed by atoms with Crippen molar-refractivity contribution in [2.24, 2.45) is 0 Å². The van der Waals surface area contributed by atoms with Crippen LogP contribution in [0.2, 0.25) is 0 Å². The first-order valence-corrected chi connectivity index (χ1v) is 8.24. The second-order valence-corrected chi connectivity index (χ2v) is 5.82. The molecular weight excluding hydrogens is 340 g/mol. The Kier molecular flexibility index (Phi) is 6.29. The number of hydrogen-bond donors (Lipinski definition) is 1. The van der Waals surface area contributed by atoms with E-state index >= 15 is 0 Å². The SMILES string of the molecule is CCOCCOC(=O)c1c(C(C)C)nn(-c2ccc([N+](=O)[O-])cc2)c1N. The Bertz CT molecular complexity index is 783. The molecule has 2 N–H and O–H groups in total. The molecule has 2 aromatic rings. The van der Waals surface area contributed by atoms with Gasteiger partial charge in [-0.2, -0.15) is 5.10 Å². The largest absolute Gasteiger partial charge is 0.459 e. The molecule has 9 heteroatoms. The Labute approximate surface area is 150 Å². The highest BCUT2D eigenvalue weighted by Crippen LogP contribution is 2.28. The van der Waals surface area contributed by atoms with Crippen LogP contribution in [0.15, 0.2) is 24.3 Å². The average molecular weight is 362 g/mol. The number of nitrogens with two attached hydrogens (primary N) is 1. The molecule has 1 heterocycles. The van der Waals surface area contributed by atoms with Crippen molar-refractivity contribution in [1.29, 1.82) is 0 Å². The maximum Gasteiger partial charge on any atom is 0.343 e. The van der Waals surface area contributed by atoms with Crippen LogP contribution in [0.25, 0.3) is 5.69 Å². The highest BCUT2D eigenvalue weighted by Gasteiger charge is 2.26. The topological polar surface area (TPSA) is 123 Å². The highest BCUT2D eigenvalue weighted by molar-refractivity contribution is 5.96. The van der Waals surface area contributed by atoms with Crippen molar-refractivity contribution >= 4 is 17.5 Å². The van der Waals surface area contributed by atoms with Gasteiger partial charge in [-0.3, -0.25) is 10.1 Å². The average Bonchev–Trinajstić information content (AvgIpc) is 2.96. The van der Waals surface area contributed by atoms with Gasteiger partial charge in [-0.05, 0) is 25.0 Å². The molecule has 0 aliphatic carbocycles. The van der Waals surface area contributed by atoms with E-state index in [9.17, 15) is 14.9 Å². The number of hydrogen-bond acceptors (Lipinski definition) is 7. The van der Waals surface area contributed by atoms with Gasteiger partial charge in [0.25, 0.3) is 5.69 Å². The lowest BCUT2D eigenvalue weighted by Gasteiger charge is -2.07. The Morgan fingerprint density at radius 1 is 1.31 bits per heavy atom. The van der Waals surface area contributed by atoms with E-state index in [4.69, 9.17) is 15.2 Å². The number of anilines is 1. The van der Waals surface area contributed by atoms with E-state index in [-0.39, 0.29) is 29.6 Å². The molecule has 0 amide bonds. The zero-order chi connectivity index (χ0) is 19.3. The molecule has 0 fully saturated rings. The third-order valence-corrected chi connectivity index (χ3v) is 3.67. The van der Waals surface area contributed by atoms with E-state index in [1.54, 1.807) is 0 Å². The van der Waals surface area contributed by atoms with Gasteiger partial charge < -0.3 is 15.2 Å². The van der Waals surface area contributed by atoms with E-state index in [0.29, 0.717) is 24.6 Å².